The summed E-state index contributed by atoms with van der Waals surface area (Å²) < 4.78 is 0. The summed E-state index contributed by atoms with van der Waals surface area (Å²) in [5.74, 6) is 0. The first-order valence-electron chi connectivity index (χ1n) is 16.0. The zero-order valence-electron chi connectivity index (χ0n) is 26.1. The highest BCUT2D eigenvalue weighted by Crippen LogP contribution is 2.47. The van der Waals surface area contributed by atoms with Crippen LogP contribution in [0.3, 0.4) is 0 Å². The van der Waals surface area contributed by atoms with E-state index < -0.39 is 0 Å². The topological polar surface area (TPSA) is 0 Å². The Hall–Kier alpha value is -1.22. The van der Waals surface area contributed by atoms with E-state index in [4.69, 9.17) is 0 Å². The molecule has 0 heterocycles. The zero-order valence-corrected chi connectivity index (χ0v) is 27.9. The smallest absolute Gasteiger partial charge is 0.0146 e. The molecule has 0 atom stereocenters. The molecule has 0 radical (unpaired) electrons. The first-order chi connectivity index (χ1) is 18.9. The molecule has 0 nitrogen and oxygen atoms in total. The van der Waals surface area contributed by atoms with Gasteiger partial charge in [-0.3, -0.25) is 0 Å². The number of hydrogen-bond acceptors (Lipinski definition) is 0. The van der Waals surface area contributed by atoms with Crippen molar-refractivity contribution >= 4 is 26.6 Å². The minimum absolute atomic E-state index is 0.0118. The third-order valence-corrected chi connectivity index (χ3v) is 13.9. The monoisotopic (exact) mass is 562 g/mol. The first-order valence-corrected chi connectivity index (χ1v) is 19.8. The molecule has 0 aliphatic rings. The van der Waals surface area contributed by atoms with Crippen molar-refractivity contribution in [1.82, 2.24) is 0 Å². The molecule has 0 fully saturated rings. The van der Waals surface area contributed by atoms with Gasteiger partial charge in [0.25, 0.3) is 0 Å². The largest absolute Gasteiger partial charge is 0.102 e. The van der Waals surface area contributed by atoms with Gasteiger partial charge in [-0.25, -0.2) is 0 Å². The van der Waals surface area contributed by atoms with Gasteiger partial charge in [-0.15, -0.1) is 15.8 Å². The summed E-state index contributed by atoms with van der Waals surface area (Å²) in [7, 11) is 0.163. The lowest BCUT2D eigenvalue weighted by Gasteiger charge is -2.29. The molecule has 0 N–H and O–H groups in total. The molecule has 3 aromatic rings. The van der Waals surface area contributed by atoms with Crippen molar-refractivity contribution in [2.75, 3.05) is 24.6 Å². The van der Waals surface area contributed by atoms with Crippen molar-refractivity contribution in [3.63, 3.8) is 0 Å². The number of rotatable bonds is 18. The maximum Gasteiger partial charge on any atom is 0.0146 e. The van der Waals surface area contributed by atoms with Crippen molar-refractivity contribution < 1.29 is 0 Å². The van der Waals surface area contributed by atoms with Crippen LogP contribution in [0.4, 0.5) is 0 Å². The number of fused-ring (bicyclic) bond motifs is 1. The van der Waals surface area contributed by atoms with Crippen LogP contribution in [0.5, 0.6) is 0 Å². The number of benzene rings is 3. The number of hydrogen-bond donors (Lipinski definition) is 0. The standard InChI is InChI=1S/C37H56P2/c1-7-11-23-38(24-12-8-2)29-33-20-22-36(28-34(33)30-39(25-13-9-3)26-14-10-4)37(5,6)35-21-19-31-17-15-16-18-32(31)27-35/h15-22,27-28H,7-14,23-26,29-30H2,1-6H3. The zero-order chi connectivity index (χ0) is 28.1. The molecule has 0 unspecified atom stereocenters. The van der Waals surface area contributed by atoms with Crippen LogP contribution in [-0.2, 0) is 17.7 Å². The van der Waals surface area contributed by atoms with E-state index >= 15 is 0 Å². The second-order valence-electron chi connectivity index (χ2n) is 12.1. The summed E-state index contributed by atoms with van der Waals surface area (Å²) in [6.07, 6.45) is 19.4. The lowest BCUT2D eigenvalue weighted by molar-refractivity contribution is 0.640. The fourth-order valence-corrected chi connectivity index (χ4v) is 11.3. The predicted molar refractivity (Wildman–Crippen MR) is 183 cm³/mol. The molecule has 0 saturated heterocycles. The molecule has 2 heteroatoms. The van der Waals surface area contributed by atoms with Gasteiger partial charge in [0.1, 0.15) is 0 Å². The summed E-state index contributed by atoms with van der Waals surface area (Å²) in [6, 6.07) is 23.6. The van der Waals surface area contributed by atoms with E-state index in [9.17, 15) is 0 Å². The summed E-state index contributed by atoms with van der Waals surface area (Å²) in [5, 5.41) is 2.68. The summed E-state index contributed by atoms with van der Waals surface area (Å²) >= 11 is 0. The van der Waals surface area contributed by atoms with E-state index in [0.717, 1.165) is 0 Å². The molecular weight excluding hydrogens is 506 g/mol. The Balaban J connectivity index is 1.98. The normalized spacial score (nSPS) is 12.2. The Kier molecular flexibility index (Phi) is 14.0. The van der Waals surface area contributed by atoms with Crippen molar-refractivity contribution in [2.45, 2.75) is 111 Å². The first kappa shape index (κ1) is 32.3. The predicted octanol–water partition coefficient (Wildman–Crippen LogP) is 12.3. The van der Waals surface area contributed by atoms with Gasteiger partial charge in [-0.2, -0.15) is 0 Å². The summed E-state index contributed by atoms with van der Waals surface area (Å²) in [5.41, 5.74) is 6.28. The third-order valence-electron chi connectivity index (χ3n) is 8.50. The molecule has 0 aliphatic heterocycles. The Morgan fingerprint density at radius 2 is 0.974 bits per heavy atom. The summed E-state index contributed by atoms with van der Waals surface area (Å²) in [4.78, 5) is 0. The molecule has 39 heavy (non-hydrogen) atoms. The van der Waals surface area contributed by atoms with Gasteiger partial charge in [0.15, 0.2) is 0 Å². The Morgan fingerprint density at radius 1 is 0.513 bits per heavy atom. The maximum atomic E-state index is 2.66. The van der Waals surface area contributed by atoms with E-state index in [2.05, 4.69) is 102 Å². The molecule has 0 aromatic heterocycles. The molecule has 0 saturated carbocycles. The van der Waals surface area contributed by atoms with E-state index in [0.29, 0.717) is 0 Å². The van der Waals surface area contributed by atoms with Crippen LogP contribution in [0, 0.1) is 0 Å². The van der Waals surface area contributed by atoms with Crippen molar-refractivity contribution in [3.05, 3.63) is 82.9 Å². The van der Waals surface area contributed by atoms with Gasteiger partial charge in [-0.05, 0) is 95.7 Å². The fourth-order valence-electron chi connectivity index (χ4n) is 5.61. The van der Waals surface area contributed by atoms with Crippen LogP contribution in [-0.4, -0.2) is 24.6 Å². The van der Waals surface area contributed by atoms with Crippen LogP contribution in [0.25, 0.3) is 10.8 Å². The van der Waals surface area contributed by atoms with E-state index in [1.54, 1.807) is 11.1 Å². The second kappa shape index (κ2) is 16.9. The second-order valence-corrected chi connectivity index (χ2v) is 17.2. The van der Waals surface area contributed by atoms with E-state index in [-0.39, 0.29) is 21.3 Å². The van der Waals surface area contributed by atoms with Crippen LogP contribution in [0.2, 0.25) is 0 Å². The average molecular weight is 563 g/mol. The Bertz CT molecular complexity index is 1100. The highest BCUT2D eigenvalue weighted by molar-refractivity contribution is 7.57. The minimum Gasteiger partial charge on any atom is -0.102 e. The van der Waals surface area contributed by atoms with Gasteiger partial charge in [0.2, 0.25) is 0 Å². The molecule has 3 rings (SSSR count). The average Bonchev–Trinajstić information content (AvgIpc) is 2.96. The van der Waals surface area contributed by atoms with Crippen LogP contribution < -0.4 is 0 Å². The van der Waals surface area contributed by atoms with Crippen molar-refractivity contribution in [3.8, 4) is 0 Å². The van der Waals surface area contributed by atoms with E-state index in [1.165, 1.54) is 110 Å². The van der Waals surface area contributed by atoms with Crippen molar-refractivity contribution in [2.24, 2.45) is 0 Å². The molecule has 0 spiro atoms. The lowest BCUT2D eigenvalue weighted by Crippen LogP contribution is -2.19. The van der Waals surface area contributed by atoms with Gasteiger partial charge in [-0.1, -0.05) is 128 Å². The molecule has 0 amide bonds. The molecule has 0 bridgehead atoms. The molecule has 3 aromatic carbocycles. The quantitative estimate of drug-likeness (QED) is 0.135. The van der Waals surface area contributed by atoms with Crippen molar-refractivity contribution in [1.29, 1.82) is 0 Å². The lowest BCUT2D eigenvalue weighted by atomic mass is 9.77. The van der Waals surface area contributed by atoms with E-state index in [1.807, 2.05) is 0 Å². The molecule has 0 aliphatic carbocycles. The highest BCUT2D eigenvalue weighted by atomic mass is 31.1. The van der Waals surface area contributed by atoms with Crippen LogP contribution in [0.1, 0.15) is 115 Å². The SMILES string of the molecule is CCCCP(CCCC)Cc1ccc(C(C)(C)c2ccc3ccccc3c2)cc1CP(CCCC)CCCC. The van der Waals surface area contributed by atoms with Gasteiger partial charge >= 0.3 is 0 Å². The van der Waals surface area contributed by atoms with Crippen LogP contribution >= 0.6 is 15.8 Å². The van der Waals surface area contributed by atoms with Gasteiger partial charge in [0.05, 0.1) is 0 Å². The fraction of sp³-hybridized carbons (Fsp3) is 0.568. The number of unbranched alkanes of at least 4 members (excludes halogenated alkanes) is 4. The molecular formula is C37H56P2. The summed E-state index contributed by atoms with van der Waals surface area (Å²) in [6.45, 7) is 14.3. The highest BCUT2D eigenvalue weighted by Gasteiger charge is 2.25. The minimum atomic E-state index is -0.0118. The van der Waals surface area contributed by atoms with Gasteiger partial charge < -0.3 is 0 Å². The Morgan fingerprint density at radius 3 is 1.51 bits per heavy atom. The Labute approximate surface area is 244 Å². The third kappa shape index (κ3) is 9.68. The molecule has 214 valence electrons. The van der Waals surface area contributed by atoms with Gasteiger partial charge in [0, 0.05) is 5.41 Å². The maximum absolute atomic E-state index is 2.66. The van der Waals surface area contributed by atoms with Crippen LogP contribution in [0.15, 0.2) is 60.7 Å².